The molecule has 6 atom stereocenters. The summed E-state index contributed by atoms with van der Waals surface area (Å²) in [5.41, 5.74) is -1.11. The first-order chi connectivity index (χ1) is 15.6. The van der Waals surface area contributed by atoms with E-state index in [9.17, 15) is 14.1 Å². The van der Waals surface area contributed by atoms with E-state index in [1.807, 2.05) is 48.5 Å². The Kier molecular flexibility index (Phi) is 4.61. The Hall–Kier alpha value is -1.06. The highest BCUT2D eigenvalue weighted by Crippen LogP contribution is 2.83. The molecular weight excluding hydrogens is 569 g/mol. The second-order valence-electron chi connectivity index (χ2n) is 10.4. The second-order valence-corrected chi connectivity index (χ2v) is 14.4. The first kappa shape index (κ1) is 22.4. The summed E-state index contributed by atoms with van der Waals surface area (Å²) in [4.78, 5) is 14.4. The molecule has 2 bridgehead atoms. The van der Waals surface area contributed by atoms with Crippen LogP contribution in [0.15, 0.2) is 66.2 Å². The summed E-state index contributed by atoms with van der Waals surface area (Å²) in [5.74, 6) is 0.0842. The van der Waals surface area contributed by atoms with Crippen LogP contribution in [0.4, 0.5) is 0 Å². The van der Waals surface area contributed by atoms with Crippen LogP contribution >= 0.6 is 34.2 Å². The minimum Gasteiger partial charge on any atom is -0.384 e. The van der Waals surface area contributed by atoms with Crippen molar-refractivity contribution in [3.8, 4) is 0 Å². The SMILES string of the molecule is CC1(C)[C@@H]2CC[C@]13C[S@](=O)N[C@@]31C(C(=O)c3ccccc3)=C(c3ccccc3)[C@@](Cl)(I)[C@@]21O. The van der Waals surface area contributed by atoms with Crippen LogP contribution in [0.2, 0.25) is 0 Å². The van der Waals surface area contributed by atoms with Crippen LogP contribution in [0.3, 0.4) is 0 Å². The number of carbonyl (C=O) groups excluding carboxylic acids is 1. The molecule has 1 saturated heterocycles. The van der Waals surface area contributed by atoms with Gasteiger partial charge in [-0.05, 0) is 29.7 Å². The number of fused-ring (bicyclic) bond motifs is 2. The van der Waals surface area contributed by atoms with E-state index in [0.29, 0.717) is 22.5 Å². The average Bonchev–Trinajstić information content (AvgIpc) is 3.34. The van der Waals surface area contributed by atoms with Crippen molar-refractivity contribution in [2.24, 2.45) is 16.7 Å². The number of hydrogen-bond donors (Lipinski definition) is 2. The zero-order valence-corrected chi connectivity index (χ0v) is 22.1. The Morgan fingerprint density at radius 3 is 2.36 bits per heavy atom. The van der Waals surface area contributed by atoms with Gasteiger partial charge in [0.1, 0.15) is 5.60 Å². The van der Waals surface area contributed by atoms with E-state index >= 15 is 0 Å². The molecular formula is C26H25ClINO3S. The lowest BCUT2D eigenvalue weighted by molar-refractivity contribution is -0.0659. The number of hydrogen-bond acceptors (Lipinski definition) is 3. The summed E-state index contributed by atoms with van der Waals surface area (Å²) < 4.78 is 15.3. The molecule has 0 radical (unpaired) electrons. The first-order valence-corrected chi connectivity index (χ1v) is 14.0. The standard InChI is InChI=1S/C26H25ClINO3S/c1-22(2)18-13-14-23(22)15-33(32)29-24(23)20(21(30)17-11-7-4-8-12-17)19(16-9-5-3-6-10-16)26(27,28)25(18,24)31/h3-12,18,29,31H,13-15H2,1-2H3/t18-,23-,24-,25+,26+,33-/m0/s1. The van der Waals surface area contributed by atoms with E-state index in [4.69, 9.17) is 11.6 Å². The third-order valence-corrected chi connectivity index (χ3v) is 12.3. The molecule has 172 valence electrons. The van der Waals surface area contributed by atoms with Crippen molar-refractivity contribution in [1.29, 1.82) is 0 Å². The number of aliphatic hydroxyl groups is 1. The smallest absolute Gasteiger partial charge is 0.191 e. The second kappa shape index (κ2) is 6.78. The first-order valence-electron chi connectivity index (χ1n) is 11.2. The van der Waals surface area contributed by atoms with Crippen LogP contribution in [-0.4, -0.2) is 34.9 Å². The molecule has 2 spiro atoms. The summed E-state index contributed by atoms with van der Waals surface area (Å²) in [6, 6.07) is 18.8. The molecule has 0 amide bonds. The maximum atomic E-state index is 14.4. The van der Waals surface area contributed by atoms with Crippen molar-refractivity contribution in [3.63, 3.8) is 0 Å². The van der Waals surface area contributed by atoms with Crippen LogP contribution in [0, 0.1) is 16.7 Å². The Morgan fingerprint density at radius 2 is 1.73 bits per heavy atom. The zero-order chi connectivity index (χ0) is 23.4. The van der Waals surface area contributed by atoms with Crippen LogP contribution in [0.5, 0.6) is 0 Å². The number of alkyl halides is 2. The van der Waals surface area contributed by atoms with E-state index in [0.717, 1.165) is 18.4 Å². The molecule has 1 heterocycles. The Labute approximate surface area is 214 Å². The van der Waals surface area contributed by atoms with E-state index in [1.165, 1.54) is 0 Å². The van der Waals surface area contributed by atoms with E-state index < -0.39 is 30.4 Å². The highest BCUT2D eigenvalue weighted by atomic mass is 127. The average molecular weight is 594 g/mol. The van der Waals surface area contributed by atoms with Crippen LogP contribution in [0.1, 0.15) is 42.6 Å². The highest BCUT2D eigenvalue weighted by Gasteiger charge is 2.92. The number of carbonyl (C=O) groups is 1. The van der Waals surface area contributed by atoms with E-state index in [2.05, 4.69) is 41.2 Å². The van der Waals surface area contributed by atoms with E-state index in [-0.39, 0.29) is 17.1 Å². The highest BCUT2D eigenvalue weighted by molar-refractivity contribution is 14.1. The molecule has 2 N–H and O–H groups in total. The van der Waals surface area contributed by atoms with Crippen molar-refractivity contribution >= 4 is 56.5 Å². The summed E-state index contributed by atoms with van der Waals surface area (Å²) >= 11 is 9.60. The fraction of sp³-hybridized carbons (Fsp3) is 0.423. The fourth-order valence-electron chi connectivity index (χ4n) is 7.83. The minimum atomic E-state index is -1.49. The molecule has 2 saturated carbocycles. The monoisotopic (exact) mass is 593 g/mol. The van der Waals surface area contributed by atoms with E-state index in [1.54, 1.807) is 12.1 Å². The van der Waals surface area contributed by atoms with Crippen molar-refractivity contribution < 1.29 is 14.1 Å². The third-order valence-electron chi connectivity index (χ3n) is 9.15. The van der Waals surface area contributed by atoms with Gasteiger partial charge in [0, 0.05) is 27.9 Å². The van der Waals surface area contributed by atoms with Crippen molar-refractivity contribution in [2.75, 3.05) is 5.75 Å². The zero-order valence-electron chi connectivity index (χ0n) is 18.4. The molecule has 4 aliphatic rings. The van der Waals surface area contributed by atoms with Gasteiger partial charge in [-0.25, -0.2) is 8.93 Å². The summed E-state index contributed by atoms with van der Waals surface area (Å²) in [5, 5.41) is 12.8. The molecule has 2 aromatic rings. The van der Waals surface area contributed by atoms with Gasteiger partial charge in [0.15, 0.2) is 8.66 Å². The Bertz CT molecular complexity index is 1250. The number of benzene rings is 2. The largest absolute Gasteiger partial charge is 0.384 e. The van der Waals surface area contributed by atoms with Gasteiger partial charge < -0.3 is 5.11 Å². The fourth-order valence-corrected chi connectivity index (χ4v) is 11.7. The number of halogens is 2. The predicted molar refractivity (Wildman–Crippen MR) is 140 cm³/mol. The van der Waals surface area contributed by atoms with Crippen molar-refractivity contribution in [2.45, 2.75) is 40.7 Å². The van der Waals surface area contributed by atoms with Crippen molar-refractivity contribution in [3.05, 3.63) is 77.4 Å². The lowest BCUT2D eigenvalue weighted by Gasteiger charge is -2.51. The summed E-state index contributed by atoms with van der Waals surface area (Å²) in [7, 11) is -1.39. The molecule has 4 nitrogen and oxygen atoms in total. The van der Waals surface area contributed by atoms with Crippen LogP contribution in [-0.2, 0) is 11.0 Å². The number of rotatable bonds is 3. The normalized spacial score (nSPS) is 42.5. The van der Waals surface area contributed by atoms with Crippen molar-refractivity contribution in [1.82, 2.24) is 4.72 Å². The number of ketones is 1. The van der Waals surface area contributed by atoms with Crippen LogP contribution < -0.4 is 4.72 Å². The maximum Gasteiger partial charge on any atom is 0.191 e. The minimum absolute atomic E-state index is 0.149. The molecule has 3 fully saturated rings. The number of nitrogens with one attached hydrogen (secondary N) is 1. The summed E-state index contributed by atoms with van der Waals surface area (Å²) in [6.07, 6.45) is 1.58. The van der Waals surface area contributed by atoms with Crippen LogP contribution in [0.25, 0.3) is 5.57 Å². The Balaban J connectivity index is 1.76. The lowest BCUT2D eigenvalue weighted by atomic mass is 9.58. The van der Waals surface area contributed by atoms with Gasteiger partial charge in [0.2, 0.25) is 0 Å². The molecule has 0 aromatic heterocycles. The van der Waals surface area contributed by atoms with Gasteiger partial charge in [-0.1, -0.05) is 109 Å². The quantitative estimate of drug-likeness (QED) is 0.303. The molecule has 7 heteroatoms. The Morgan fingerprint density at radius 1 is 1.12 bits per heavy atom. The topological polar surface area (TPSA) is 66.4 Å². The van der Waals surface area contributed by atoms with Gasteiger partial charge in [-0.15, -0.1) is 0 Å². The maximum absolute atomic E-state index is 14.4. The predicted octanol–water partition coefficient (Wildman–Crippen LogP) is 4.88. The van der Waals surface area contributed by atoms with Gasteiger partial charge in [0.25, 0.3) is 0 Å². The lowest BCUT2D eigenvalue weighted by Crippen LogP contribution is -2.70. The van der Waals surface area contributed by atoms with Gasteiger partial charge >= 0.3 is 0 Å². The molecule has 6 rings (SSSR count). The summed E-state index contributed by atoms with van der Waals surface area (Å²) in [6.45, 7) is 4.31. The molecule has 3 aliphatic carbocycles. The van der Waals surface area contributed by atoms with Gasteiger partial charge in [0.05, 0.1) is 16.5 Å². The third kappa shape index (κ3) is 2.27. The van der Waals surface area contributed by atoms with Gasteiger partial charge in [-0.2, -0.15) is 0 Å². The molecule has 0 unspecified atom stereocenters. The molecule has 33 heavy (non-hydrogen) atoms. The molecule has 1 aliphatic heterocycles. The number of Topliss-reactive ketones (excluding diaryl/α,β-unsaturated/α-hetero) is 1. The molecule has 2 aromatic carbocycles. The van der Waals surface area contributed by atoms with Gasteiger partial charge in [-0.3, -0.25) is 4.79 Å².